The maximum atomic E-state index is 9.75. The van der Waals surface area contributed by atoms with E-state index in [1.54, 1.807) is 0 Å². The second-order valence-electron chi connectivity index (χ2n) is 1.74. The molecule has 0 bridgehead atoms. The smallest absolute Gasteiger partial charge is 0.153 e. The molecule has 0 saturated carbocycles. The lowest BCUT2D eigenvalue weighted by molar-refractivity contribution is -0.320. The molecule has 0 spiro atoms. The Hall–Kier alpha value is -0.450. The number of hydrogen-bond acceptors (Lipinski definition) is 3. The third kappa shape index (κ3) is 2.68. The molecule has 0 amide bonds. The maximum absolute atomic E-state index is 9.75. The molecule has 0 fully saturated rings. The van der Waals surface area contributed by atoms with Gasteiger partial charge in [0.1, 0.15) is 12.2 Å². The summed E-state index contributed by atoms with van der Waals surface area (Å²) in [5.41, 5.74) is -1.62. The summed E-state index contributed by atoms with van der Waals surface area (Å²) in [5.74, 6) is 0. The van der Waals surface area contributed by atoms with Gasteiger partial charge in [0.05, 0.1) is 0 Å². The Morgan fingerprint density at radius 3 is 2.50 bits per heavy atom. The lowest BCUT2D eigenvalue weighted by atomic mass is 10.1. The van der Waals surface area contributed by atoms with Gasteiger partial charge in [-0.1, -0.05) is 0 Å². The van der Waals surface area contributed by atoms with E-state index in [0.717, 1.165) is 0 Å². The van der Waals surface area contributed by atoms with Gasteiger partial charge in [-0.15, -0.1) is 0 Å². The number of aliphatic hydroxyl groups is 1. The second kappa shape index (κ2) is 2.76. The van der Waals surface area contributed by atoms with Crippen LogP contribution in [0.1, 0.15) is 6.92 Å². The Morgan fingerprint density at radius 2 is 2.38 bits per heavy atom. The molecule has 0 saturated heterocycles. The van der Waals surface area contributed by atoms with E-state index < -0.39 is 12.2 Å². The molecule has 0 heterocycles. The number of aldehydes is 1. The van der Waals surface area contributed by atoms with Gasteiger partial charge < -0.3 is 9.90 Å². The first-order chi connectivity index (χ1) is 3.62. The Balaban J connectivity index is 3.53. The summed E-state index contributed by atoms with van der Waals surface area (Å²) < 4.78 is 0. The monoisotopic (exact) mass is 119 g/mol. The quantitative estimate of drug-likeness (QED) is 0.303. The molecule has 0 aliphatic rings. The van der Waals surface area contributed by atoms with Crippen LogP contribution in [-0.2, 0) is 14.9 Å². The molecular formula is C4H7O4. The minimum absolute atomic E-state index is 0.255. The summed E-state index contributed by atoms with van der Waals surface area (Å²) in [7, 11) is 0. The fraction of sp³-hybridized carbons (Fsp3) is 0.750. The van der Waals surface area contributed by atoms with E-state index in [1.807, 2.05) is 0 Å². The number of rotatable bonds is 3. The van der Waals surface area contributed by atoms with E-state index in [0.29, 0.717) is 0 Å². The van der Waals surface area contributed by atoms with Crippen LogP contribution in [0.25, 0.3) is 0 Å². The van der Waals surface area contributed by atoms with Crippen LogP contribution in [0.2, 0.25) is 0 Å². The molecule has 8 heavy (non-hydrogen) atoms. The summed E-state index contributed by atoms with van der Waals surface area (Å²) in [6.45, 7) is 0.689. The van der Waals surface area contributed by atoms with Crippen LogP contribution >= 0.6 is 0 Å². The van der Waals surface area contributed by atoms with Gasteiger partial charge in [-0.3, -0.25) is 0 Å². The van der Waals surface area contributed by atoms with Gasteiger partial charge in [0.25, 0.3) is 0 Å². The van der Waals surface area contributed by atoms with Gasteiger partial charge in [-0.05, 0) is 12.2 Å². The number of carbonyl (C=O) groups excluding carboxylic acids is 1. The molecule has 0 aliphatic carbocycles. The highest BCUT2D eigenvalue weighted by Gasteiger charge is 2.18. The normalized spacial score (nSPS) is 17.4. The largest absolute Gasteiger partial charge is 0.380 e. The number of hydrogen-bond donors (Lipinski definition) is 1. The molecule has 0 aromatic heterocycles. The van der Waals surface area contributed by atoms with E-state index in [-0.39, 0.29) is 6.29 Å². The van der Waals surface area contributed by atoms with Crippen molar-refractivity contribution in [3.63, 3.8) is 0 Å². The molecule has 4 nitrogen and oxygen atoms in total. The van der Waals surface area contributed by atoms with E-state index in [9.17, 15) is 10.1 Å². The Bertz CT molecular complexity index is 78.1. The van der Waals surface area contributed by atoms with Crippen LogP contribution < -0.4 is 0 Å². The summed E-state index contributed by atoms with van der Waals surface area (Å²) >= 11 is 0. The molecule has 1 N–H and O–H groups in total. The molecule has 1 atom stereocenters. The van der Waals surface area contributed by atoms with E-state index in [2.05, 4.69) is 4.89 Å². The van der Waals surface area contributed by atoms with Crippen molar-refractivity contribution in [2.24, 2.45) is 0 Å². The number of carbonyl (C=O) groups is 1. The van der Waals surface area contributed by atoms with Gasteiger partial charge in [0, 0.05) is 0 Å². The zero-order chi connectivity index (χ0) is 6.62. The molecule has 0 aliphatic heterocycles. The highest BCUT2D eigenvalue weighted by molar-refractivity contribution is 5.61. The highest BCUT2D eigenvalue weighted by Crippen LogP contribution is 1.96. The standard InChI is InChI=1S/C4H7O4/c1-4(6,2-5)3-8-7/h2,6H,3H2,1H3. The van der Waals surface area contributed by atoms with Gasteiger partial charge in [0.2, 0.25) is 0 Å². The van der Waals surface area contributed by atoms with E-state index in [4.69, 9.17) is 5.11 Å². The van der Waals surface area contributed by atoms with Crippen LogP contribution in [0, 0.1) is 0 Å². The van der Waals surface area contributed by atoms with Crippen molar-refractivity contribution in [3.8, 4) is 0 Å². The van der Waals surface area contributed by atoms with Crippen molar-refractivity contribution in [3.05, 3.63) is 0 Å². The van der Waals surface area contributed by atoms with Crippen molar-refractivity contribution >= 4 is 6.29 Å². The molecule has 0 aromatic carbocycles. The Kier molecular flexibility index (Phi) is 2.60. The zero-order valence-corrected chi connectivity index (χ0v) is 4.46. The van der Waals surface area contributed by atoms with Gasteiger partial charge >= 0.3 is 0 Å². The lowest BCUT2D eigenvalue weighted by Crippen LogP contribution is -2.31. The van der Waals surface area contributed by atoms with Crippen molar-refractivity contribution in [1.29, 1.82) is 0 Å². The first-order valence-electron chi connectivity index (χ1n) is 2.06. The minimum Gasteiger partial charge on any atom is -0.380 e. The van der Waals surface area contributed by atoms with Crippen LogP contribution in [-0.4, -0.2) is 23.6 Å². The summed E-state index contributed by atoms with van der Waals surface area (Å²) in [5, 5.41) is 17.9. The van der Waals surface area contributed by atoms with Crippen molar-refractivity contribution < 1.29 is 20.0 Å². The summed E-state index contributed by atoms with van der Waals surface area (Å²) in [6.07, 6.45) is 0.255. The topological polar surface area (TPSA) is 66.4 Å². The SMILES string of the molecule is CC(O)(C=O)CO[O]. The van der Waals surface area contributed by atoms with E-state index in [1.165, 1.54) is 6.92 Å². The van der Waals surface area contributed by atoms with Crippen LogP contribution in [0.3, 0.4) is 0 Å². The molecule has 0 rings (SSSR count). The minimum atomic E-state index is -1.62. The Morgan fingerprint density at radius 1 is 1.88 bits per heavy atom. The summed E-state index contributed by atoms with van der Waals surface area (Å²) in [4.78, 5) is 13.0. The average molecular weight is 119 g/mol. The zero-order valence-electron chi connectivity index (χ0n) is 4.46. The van der Waals surface area contributed by atoms with Gasteiger partial charge in [0.15, 0.2) is 6.29 Å². The van der Waals surface area contributed by atoms with Crippen molar-refractivity contribution in [1.82, 2.24) is 0 Å². The van der Waals surface area contributed by atoms with Crippen LogP contribution in [0.5, 0.6) is 0 Å². The molecule has 4 heteroatoms. The molecule has 0 aromatic rings. The second-order valence-corrected chi connectivity index (χ2v) is 1.74. The Labute approximate surface area is 46.6 Å². The van der Waals surface area contributed by atoms with Gasteiger partial charge in [-0.25, -0.2) is 4.89 Å². The molecule has 47 valence electrons. The maximum Gasteiger partial charge on any atom is 0.153 e. The average Bonchev–Trinajstić information content (AvgIpc) is 1.67. The van der Waals surface area contributed by atoms with Crippen molar-refractivity contribution in [2.45, 2.75) is 12.5 Å². The van der Waals surface area contributed by atoms with Crippen LogP contribution in [0.15, 0.2) is 0 Å². The third-order valence-electron chi connectivity index (χ3n) is 0.605. The summed E-state index contributed by atoms with van der Waals surface area (Å²) in [6, 6.07) is 0. The first kappa shape index (κ1) is 7.55. The lowest BCUT2D eigenvalue weighted by Gasteiger charge is -2.09. The fourth-order valence-electron chi connectivity index (χ4n) is 0.153. The molecule has 1 radical (unpaired) electrons. The van der Waals surface area contributed by atoms with E-state index >= 15 is 0 Å². The first-order valence-corrected chi connectivity index (χ1v) is 2.06. The van der Waals surface area contributed by atoms with Crippen LogP contribution in [0.4, 0.5) is 0 Å². The fourth-order valence-corrected chi connectivity index (χ4v) is 0.153. The molecular weight excluding hydrogens is 112 g/mol. The molecule has 1 unspecified atom stereocenters. The highest BCUT2D eigenvalue weighted by atomic mass is 17.1. The van der Waals surface area contributed by atoms with Crippen molar-refractivity contribution in [2.75, 3.05) is 6.61 Å². The third-order valence-corrected chi connectivity index (χ3v) is 0.605. The predicted octanol–water partition coefficient (Wildman–Crippen LogP) is -0.702. The predicted molar refractivity (Wildman–Crippen MR) is 23.3 cm³/mol. The van der Waals surface area contributed by atoms with Gasteiger partial charge in [-0.2, -0.15) is 0 Å².